The van der Waals surface area contributed by atoms with Crippen LogP contribution in [0.5, 0.6) is 5.75 Å². The number of fused-ring (bicyclic) bond motifs is 1. The third-order valence-electron chi connectivity index (χ3n) is 5.19. The Labute approximate surface area is 191 Å². The molecule has 2 heterocycles. The second-order valence-corrected chi connectivity index (χ2v) is 7.86. The van der Waals surface area contributed by atoms with Gasteiger partial charge < -0.3 is 14.8 Å². The molecule has 0 amide bonds. The van der Waals surface area contributed by atoms with Crippen LogP contribution in [0.1, 0.15) is 43.9 Å². The predicted molar refractivity (Wildman–Crippen MR) is 120 cm³/mol. The molecular formula is C23H24ClN5O3. The number of hydrogen-bond acceptors (Lipinski definition) is 7. The molecule has 1 atom stereocenters. The number of nitrogens with one attached hydrogen (secondary N) is 1. The molecule has 166 valence electrons. The highest BCUT2D eigenvalue weighted by Crippen LogP contribution is 2.36. The maximum Gasteiger partial charge on any atom is 0.338 e. The molecule has 2 aromatic carbocycles. The summed E-state index contributed by atoms with van der Waals surface area (Å²) < 4.78 is 13.1. The highest BCUT2D eigenvalue weighted by molar-refractivity contribution is 6.31. The summed E-state index contributed by atoms with van der Waals surface area (Å²) in [4.78, 5) is 13.0. The lowest BCUT2D eigenvalue weighted by molar-refractivity contribution is -0.139. The summed E-state index contributed by atoms with van der Waals surface area (Å²) in [5.74, 6) is 0.712. The lowest BCUT2D eigenvalue weighted by atomic mass is 9.95. The maximum absolute atomic E-state index is 13.0. The predicted octanol–water partition coefficient (Wildman–Crippen LogP) is 4.54. The number of allylic oxidation sites excluding steroid dienone is 1. The van der Waals surface area contributed by atoms with Crippen molar-refractivity contribution in [2.45, 2.75) is 39.3 Å². The van der Waals surface area contributed by atoms with Crippen LogP contribution in [0.2, 0.25) is 5.02 Å². The Hall–Kier alpha value is -3.39. The molecule has 1 N–H and O–H groups in total. The number of nitrogens with zero attached hydrogens (tertiary/aromatic N) is 4. The van der Waals surface area contributed by atoms with Crippen molar-refractivity contribution < 1.29 is 14.3 Å². The topological polar surface area (TPSA) is 91.2 Å². The first-order valence-corrected chi connectivity index (χ1v) is 10.8. The zero-order valence-corrected chi connectivity index (χ0v) is 18.7. The lowest BCUT2D eigenvalue weighted by Crippen LogP contribution is -2.29. The molecule has 1 unspecified atom stereocenters. The van der Waals surface area contributed by atoms with Crippen LogP contribution in [0.15, 0.2) is 59.8 Å². The Bertz CT molecular complexity index is 1140. The Balaban J connectivity index is 1.63. The Morgan fingerprint density at radius 1 is 1.22 bits per heavy atom. The number of benzene rings is 2. The Morgan fingerprint density at radius 3 is 2.88 bits per heavy atom. The Kier molecular flexibility index (Phi) is 6.70. The van der Waals surface area contributed by atoms with Crippen molar-refractivity contribution in [2.24, 2.45) is 0 Å². The molecule has 0 spiro atoms. The molecule has 9 heteroatoms. The SMILES string of the molecule is CCCCOC(=O)C1=C(C)Nc2nnnn2C1c1cccc(OCc2ccccc2Cl)c1. The monoisotopic (exact) mass is 453 g/mol. The minimum atomic E-state index is -0.542. The van der Waals surface area contributed by atoms with Crippen LogP contribution in [0.25, 0.3) is 0 Å². The van der Waals surface area contributed by atoms with E-state index in [0.29, 0.717) is 41.2 Å². The highest BCUT2D eigenvalue weighted by Gasteiger charge is 2.35. The number of tetrazole rings is 1. The quantitative estimate of drug-likeness (QED) is 0.395. The van der Waals surface area contributed by atoms with Crippen LogP contribution in [-0.4, -0.2) is 32.8 Å². The van der Waals surface area contributed by atoms with Crippen molar-refractivity contribution in [3.8, 4) is 5.75 Å². The van der Waals surface area contributed by atoms with Gasteiger partial charge in [-0.3, -0.25) is 0 Å². The van der Waals surface area contributed by atoms with E-state index in [0.717, 1.165) is 24.0 Å². The second-order valence-electron chi connectivity index (χ2n) is 7.46. The molecule has 8 nitrogen and oxygen atoms in total. The molecule has 0 fully saturated rings. The van der Waals surface area contributed by atoms with Gasteiger partial charge in [-0.1, -0.05) is 60.4 Å². The summed E-state index contributed by atoms with van der Waals surface area (Å²) in [5, 5.41) is 15.6. The van der Waals surface area contributed by atoms with Crippen molar-refractivity contribution in [3.63, 3.8) is 0 Å². The van der Waals surface area contributed by atoms with E-state index >= 15 is 0 Å². The molecule has 0 saturated heterocycles. The van der Waals surface area contributed by atoms with Gasteiger partial charge in [0.25, 0.3) is 0 Å². The van der Waals surface area contributed by atoms with Gasteiger partial charge in [0, 0.05) is 16.3 Å². The fourth-order valence-corrected chi connectivity index (χ4v) is 3.71. The average molecular weight is 454 g/mol. The molecule has 0 aliphatic carbocycles. The number of hydrogen-bond donors (Lipinski definition) is 1. The van der Waals surface area contributed by atoms with E-state index < -0.39 is 12.0 Å². The Morgan fingerprint density at radius 2 is 2.06 bits per heavy atom. The molecule has 32 heavy (non-hydrogen) atoms. The number of aromatic nitrogens is 4. The third-order valence-corrected chi connectivity index (χ3v) is 5.56. The number of rotatable bonds is 8. The van der Waals surface area contributed by atoms with Gasteiger partial charge in [-0.15, -0.1) is 0 Å². The normalized spacial score (nSPS) is 15.2. The number of carbonyl (C=O) groups excluding carboxylic acids is 1. The van der Waals surface area contributed by atoms with E-state index in [1.165, 1.54) is 0 Å². The third kappa shape index (κ3) is 4.60. The minimum absolute atomic E-state index is 0.326. The molecule has 4 rings (SSSR count). The molecule has 0 saturated carbocycles. The first kappa shape index (κ1) is 21.8. The maximum atomic E-state index is 13.0. The van der Waals surface area contributed by atoms with E-state index in [-0.39, 0.29) is 0 Å². The molecule has 0 bridgehead atoms. The van der Waals surface area contributed by atoms with E-state index in [1.54, 1.807) is 4.68 Å². The van der Waals surface area contributed by atoms with Crippen molar-refractivity contribution in [1.82, 2.24) is 20.2 Å². The number of esters is 1. The fraction of sp³-hybridized carbons (Fsp3) is 0.304. The van der Waals surface area contributed by atoms with Gasteiger partial charge in [0.15, 0.2) is 0 Å². The molecule has 1 aromatic heterocycles. The first-order valence-electron chi connectivity index (χ1n) is 10.5. The van der Waals surface area contributed by atoms with E-state index in [1.807, 2.05) is 62.4 Å². The van der Waals surface area contributed by atoms with E-state index in [4.69, 9.17) is 21.1 Å². The van der Waals surface area contributed by atoms with Crippen molar-refractivity contribution in [3.05, 3.63) is 76.0 Å². The van der Waals surface area contributed by atoms with Crippen LogP contribution in [0, 0.1) is 0 Å². The number of halogens is 1. The number of carbonyl (C=O) groups is 1. The van der Waals surface area contributed by atoms with Gasteiger partial charge in [-0.05, 0) is 47.5 Å². The average Bonchev–Trinajstić information content (AvgIpc) is 3.26. The molecule has 3 aromatic rings. The summed E-state index contributed by atoms with van der Waals surface area (Å²) in [5.41, 5.74) is 2.81. The van der Waals surface area contributed by atoms with Gasteiger partial charge in [0.05, 0.1) is 12.2 Å². The number of anilines is 1. The number of unbranched alkanes of at least 4 members (excludes halogenated alkanes) is 1. The molecule has 1 aliphatic heterocycles. The van der Waals surface area contributed by atoms with Gasteiger partial charge in [0.2, 0.25) is 5.95 Å². The number of ether oxygens (including phenoxy) is 2. The van der Waals surface area contributed by atoms with Crippen molar-refractivity contribution >= 4 is 23.5 Å². The fourth-order valence-electron chi connectivity index (χ4n) is 3.52. The van der Waals surface area contributed by atoms with E-state index in [2.05, 4.69) is 20.8 Å². The summed E-state index contributed by atoms with van der Waals surface area (Å²) in [6.45, 7) is 4.55. The van der Waals surface area contributed by atoms with Gasteiger partial charge in [-0.25, -0.2) is 4.79 Å². The largest absolute Gasteiger partial charge is 0.489 e. The van der Waals surface area contributed by atoms with Gasteiger partial charge in [-0.2, -0.15) is 4.68 Å². The lowest BCUT2D eigenvalue weighted by Gasteiger charge is -2.27. The summed E-state index contributed by atoms with van der Waals surface area (Å²) >= 11 is 6.24. The van der Waals surface area contributed by atoms with Crippen molar-refractivity contribution in [2.75, 3.05) is 11.9 Å². The standard InChI is InChI=1S/C23H24ClN5O3/c1-3-4-12-31-22(30)20-15(2)25-23-26-27-28-29(23)21(20)16-9-7-10-18(13-16)32-14-17-8-5-6-11-19(17)24/h5-11,13,21H,3-4,12,14H2,1-2H3,(H,25,26,28). The smallest absolute Gasteiger partial charge is 0.338 e. The van der Waals surface area contributed by atoms with Crippen LogP contribution in [-0.2, 0) is 16.1 Å². The summed E-state index contributed by atoms with van der Waals surface area (Å²) in [6, 6.07) is 14.5. The van der Waals surface area contributed by atoms with Gasteiger partial charge in [0.1, 0.15) is 18.4 Å². The summed E-state index contributed by atoms with van der Waals surface area (Å²) in [7, 11) is 0. The minimum Gasteiger partial charge on any atom is -0.489 e. The van der Waals surface area contributed by atoms with Crippen LogP contribution < -0.4 is 10.1 Å². The van der Waals surface area contributed by atoms with Crippen molar-refractivity contribution in [1.29, 1.82) is 0 Å². The van der Waals surface area contributed by atoms with Gasteiger partial charge >= 0.3 is 5.97 Å². The highest BCUT2D eigenvalue weighted by atomic mass is 35.5. The van der Waals surface area contributed by atoms with Crippen LogP contribution in [0.4, 0.5) is 5.95 Å². The first-order chi connectivity index (χ1) is 15.6. The van der Waals surface area contributed by atoms with Crippen LogP contribution in [0.3, 0.4) is 0 Å². The second kappa shape index (κ2) is 9.82. The molecular weight excluding hydrogens is 430 g/mol. The van der Waals surface area contributed by atoms with E-state index in [9.17, 15) is 4.79 Å². The zero-order valence-electron chi connectivity index (χ0n) is 17.9. The molecule has 1 aliphatic rings. The summed E-state index contributed by atoms with van der Waals surface area (Å²) in [6.07, 6.45) is 1.74. The molecule has 0 radical (unpaired) electrons. The zero-order chi connectivity index (χ0) is 22.5. The van der Waals surface area contributed by atoms with Crippen LogP contribution >= 0.6 is 11.6 Å².